The van der Waals surface area contributed by atoms with Gasteiger partial charge in [0.2, 0.25) is 5.89 Å². The van der Waals surface area contributed by atoms with Crippen molar-refractivity contribution in [2.75, 3.05) is 26.8 Å². The Bertz CT molecular complexity index is 583. The van der Waals surface area contributed by atoms with Gasteiger partial charge in [0.05, 0.1) is 17.5 Å². The van der Waals surface area contributed by atoms with Gasteiger partial charge in [0.25, 0.3) is 0 Å². The number of furan rings is 1. The van der Waals surface area contributed by atoms with Crippen molar-refractivity contribution in [3.05, 3.63) is 30.0 Å². The molecule has 1 fully saturated rings. The van der Waals surface area contributed by atoms with Gasteiger partial charge in [-0.3, -0.25) is 4.90 Å². The van der Waals surface area contributed by atoms with E-state index in [9.17, 15) is 0 Å². The molecule has 126 valence electrons. The lowest BCUT2D eigenvalue weighted by atomic mass is 9.92. The minimum Gasteiger partial charge on any atom is -0.472 e. The molecule has 0 amide bonds. The zero-order valence-electron chi connectivity index (χ0n) is 14.1. The van der Waals surface area contributed by atoms with E-state index in [1.54, 1.807) is 19.6 Å². The molecule has 0 atom stereocenters. The number of likely N-dealkylation sites (tertiary alicyclic amines) is 1. The largest absolute Gasteiger partial charge is 0.472 e. The number of oxazole rings is 1. The highest BCUT2D eigenvalue weighted by atomic mass is 16.5. The summed E-state index contributed by atoms with van der Waals surface area (Å²) in [5, 5.41) is 0. The quantitative estimate of drug-likeness (QED) is 0.725. The second-order valence-corrected chi connectivity index (χ2v) is 6.39. The van der Waals surface area contributed by atoms with Crippen LogP contribution in [0.4, 0.5) is 0 Å². The molecule has 0 unspecified atom stereocenters. The van der Waals surface area contributed by atoms with E-state index in [2.05, 4.69) is 9.88 Å². The van der Waals surface area contributed by atoms with E-state index >= 15 is 0 Å². The van der Waals surface area contributed by atoms with Crippen LogP contribution >= 0.6 is 0 Å². The van der Waals surface area contributed by atoms with Crippen LogP contribution in [0.2, 0.25) is 0 Å². The van der Waals surface area contributed by atoms with E-state index < -0.39 is 0 Å². The number of piperidine rings is 1. The second-order valence-electron chi connectivity index (χ2n) is 6.39. The maximum absolute atomic E-state index is 5.78. The summed E-state index contributed by atoms with van der Waals surface area (Å²) < 4.78 is 16.0. The van der Waals surface area contributed by atoms with Crippen molar-refractivity contribution in [3.8, 4) is 11.5 Å². The molecule has 2 aromatic rings. The van der Waals surface area contributed by atoms with Crippen molar-refractivity contribution in [2.45, 2.75) is 39.2 Å². The van der Waals surface area contributed by atoms with E-state index in [0.717, 1.165) is 49.2 Å². The van der Waals surface area contributed by atoms with Crippen molar-refractivity contribution in [1.29, 1.82) is 0 Å². The summed E-state index contributed by atoms with van der Waals surface area (Å²) in [5.74, 6) is 2.41. The minimum absolute atomic E-state index is 0.653. The van der Waals surface area contributed by atoms with Gasteiger partial charge in [-0.2, -0.15) is 0 Å². The first-order chi connectivity index (χ1) is 11.3. The SMILES string of the molecule is COCCCC1CCN(Cc2nc(-c3ccoc3)oc2C)CC1. The fourth-order valence-corrected chi connectivity index (χ4v) is 3.25. The molecule has 1 saturated heterocycles. The van der Waals surface area contributed by atoms with Crippen molar-refractivity contribution in [1.82, 2.24) is 9.88 Å². The van der Waals surface area contributed by atoms with Crippen molar-refractivity contribution >= 4 is 0 Å². The van der Waals surface area contributed by atoms with Crippen LogP contribution in [-0.4, -0.2) is 36.7 Å². The van der Waals surface area contributed by atoms with E-state index in [-0.39, 0.29) is 0 Å². The fourth-order valence-electron chi connectivity index (χ4n) is 3.25. The Labute approximate surface area is 137 Å². The number of rotatable bonds is 7. The van der Waals surface area contributed by atoms with Gasteiger partial charge < -0.3 is 13.6 Å². The predicted molar refractivity (Wildman–Crippen MR) is 88.1 cm³/mol. The molecule has 2 aromatic heterocycles. The first-order valence-corrected chi connectivity index (χ1v) is 8.46. The molecule has 0 bridgehead atoms. The monoisotopic (exact) mass is 318 g/mol. The molecule has 0 saturated carbocycles. The van der Waals surface area contributed by atoms with Crippen LogP contribution in [0.3, 0.4) is 0 Å². The Kier molecular flexibility index (Phi) is 5.51. The zero-order valence-corrected chi connectivity index (χ0v) is 14.1. The molecule has 3 rings (SSSR count). The lowest BCUT2D eigenvalue weighted by Crippen LogP contribution is -2.33. The smallest absolute Gasteiger partial charge is 0.229 e. The highest BCUT2D eigenvalue weighted by Gasteiger charge is 2.21. The Hall–Kier alpha value is -1.59. The van der Waals surface area contributed by atoms with Gasteiger partial charge in [0.1, 0.15) is 12.0 Å². The molecule has 0 aromatic carbocycles. The molecule has 0 N–H and O–H groups in total. The van der Waals surface area contributed by atoms with Crippen LogP contribution in [0.5, 0.6) is 0 Å². The number of methoxy groups -OCH3 is 1. The van der Waals surface area contributed by atoms with Crippen LogP contribution in [0.25, 0.3) is 11.5 Å². The molecule has 5 heteroatoms. The summed E-state index contributed by atoms with van der Waals surface area (Å²) in [6, 6.07) is 1.88. The molecule has 23 heavy (non-hydrogen) atoms. The summed E-state index contributed by atoms with van der Waals surface area (Å²) in [7, 11) is 1.78. The lowest BCUT2D eigenvalue weighted by Gasteiger charge is -2.31. The summed E-state index contributed by atoms with van der Waals surface area (Å²) in [6.07, 6.45) is 8.32. The van der Waals surface area contributed by atoms with Gasteiger partial charge >= 0.3 is 0 Å². The first kappa shape index (κ1) is 16.3. The molecule has 0 spiro atoms. The second kappa shape index (κ2) is 7.79. The number of hydrogen-bond donors (Lipinski definition) is 0. The highest BCUT2D eigenvalue weighted by molar-refractivity contribution is 5.51. The summed E-state index contributed by atoms with van der Waals surface area (Å²) in [6.45, 7) is 6.03. The average Bonchev–Trinajstić information content (AvgIpc) is 3.20. The van der Waals surface area contributed by atoms with E-state index in [1.165, 1.54) is 25.7 Å². The Morgan fingerprint density at radius 1 is 1.35 bits per heavy atom. The maximum atomic E-state index is 5.78. The highest BCUT2D eigenvalue weighted by Crippen LogP contribution is 2.26. The molecular formula is C18H26N2O3. The third-order valence-electron chi connectivity index (χ3n) is 4.70. The van der Waals surface area contributed by atoms with E-state index in [0.29, 0.717) is 5.89 Å². The van der Waals surface area contributed by atoms with Crippen LogP contribution < -0.4 is 0 Å². The van der Waals surface area contributed by atoms with Gasteiger partial charge in [0, 0.05) is 20.3 Å². The van der Waals surface area contributed by atoms with Gasteiger partial charge in [0.15, 0.2) is 0 Å². The maximum Gasteiger partial charge on any atom is 0.229 e. The van der Waals surface area contributed by atoms with Crippen LogP contribution in [0.1, 0.15) is 37.1 Å². The van der Waals surface area contributed by atoms with Crippen molar-refractivity contribution < 1.29 is 13.6 Å². The van der Waals surface area contributed by atoms with Crippen molar-refractivity contribution in [2.24, 2.45) is 5.92 Å². The fraction of sp³-hybridized carbons (Fsp3) is 0.611. The third-order valence-corrected chi connectivity index (χ3v) is 4.70. The number of aromatic nitrogens is 1. The number of aryl methyl sites for hydroxylation is 1. The summed E-state index contributed by atoms with van der Waals surface area (Å²) in [4.78, 5) is 7.12. The normalized spacial score (nSPS) is 17.0. The predicted octanol–water partition coefficient (Wildman–Crippen LogP) is 3.88. The third kappa shape index (κ3) is 4.24. The van der Waals surface area contributed by atoms with E-state index in [1.807, 2.05) is 13.0 Å². The van der Waals surface area contributed by atoms with E-state index in [4.69, 9.17) is 13.6 Å². The van der Waals surface area contributed by atoms with Crippen molar-refractivity contribution in [3.63, 3.8) is 0 Å². The topological polar surface area (TPSA) is 51.6 Å². The molecular weight excluding hydrogens is 292 g/mol. The molecule has 1 aliphatic rings. The number of ether oxygens (including phenoxy) is 1. The molecule has 0 aliphatic carbocycles. The lowest BCUT2D eigenvalue weighted by molar-refractivity contribution is 0.150. The average molecular weight is 318 g/mol. The zero-order chi connectivity index (χ0) is 16.1. The Balaban J connectivity index is 1.51. The van der Waals surface area contributed by atoms with Crippen LogP contribution in [0, 0.1) is 12.8 Å². The van der Waals surface area contributed by atoms with Gasteiger partial charge in [-0.15, -0.1) is 0 Å². The molecule has 1 aliphatic heterocycles. The van der Waals surface area contributed by atoms with Crippen LogP contribution in [0.15, 0.2) is 27.4 Å². The van der Waals surface area contributed by atoms with Crippen LogP contribution in [-0.2, 0) is 11.3 Å². The standard InChI is InChI=1S/C18H26N2O3/c1-14-17(19-18(23-14)16-7-11-22-13-16)12-20-8-5-15(6-9-20)4-3-10-21-2/h7,11,13,15H,3-6,8-10,12H2,1-2H3. The Morgan fingerprint density at radius 2 is 2.17 bits per heavy atom. The minimum atomic E-state index is 0.653. The van der Waals surface area contributed by atoms with Gasteiger partial charge in [-0.05, 0) is 57.7 Å². The molecule has 5 nitrogen and oxygen atoms in total. The first-order valence-electron chi connectivity index (χ1n) is 8.46. The Morgan fingerprint density at radius 3 is 2.87 bits per heavy atom. The summed E-state index contributed by atoms with van der Waals surface area (Å²) in [5.41, 5.74) is 1.94. The summed E-state index contributed by atoms with van der Waals surface area (Å²) >= 11 is 0. The van der Waals surface area contributed by atoms with Gasteiger partial charge in [-0.25, -0.2) is 4.98 Å². The molecule has 0 radical (unpaired) electrons. The van der Waals surface area contributed by atoms with Gasteiger partial charge in [-0.1, -0.05) is 0 Å². The number of hydrogen-bond acceptors (Lipinski definition) is 5. The number of nitrogens with zero attached hydrogens (tertiary/aromatic N) is 2. The molecule has 3 heterocycles.